The van der Waals surface area contributed by atoms with Crippen molar-refractivity contribution < 1.29 is 5.11 Å². The van der Waals surface area contributed by atoms with E-state index in [1.165, 1.54) is 0 Å². The zero-order valence-electron chi connectivity index (χ0n) is 10.6. The number of hydrogen-bond acceptors (Lipinski definition) is 2. The summed E-state index contributed by atoms with van der Waals surface area (Å²) in [6.45, 7) is 0.334. The molecule has 0 aliphatic rings. The first-order valence-corrected chi connectivity index (χ1v) is 8.08. The Bertz CT molecular complexity index is 606. The van der Waals surface area contributed by atoms with Crippen LogP contribution in [0.5, 0.6) is 0 Å². The molecule has 5 heteroatoms. The van der Waals surface area contributed by atoms with Crippen LogP contribution in [-0.2, 0) is 0 Å². The van der Waals surface area contributed by atoms with Gasteiger partial charge in [0.25, 0.3) is 0 Å². The van der Waals surface area contributed by atoms with Crippen molar-refractivity contribution >= 4 is 43.5 Å². The fourth-order valence-corrected chi connectivity index (χ4v) is 3.20. The molecule has 2 aromatic carbocycles. The SMILES string of the molecule is NCC(c1cccc(Cl)c1)C(O)c1cc(Br)ccc1Br. The fourth-order valence-electron chi connectivity index (χ4n) is 2.14. The van der Waals surface area contributed by atoms with Gasteiger partial charge in [-0.15, -0.1) is 0 Å². The first-order valence-electron chi connectivity index (χ1n) is 6.11. The molecule has 0 fully saturated rings. The van der Waals surface area contributed by atoms with Crippen molar-refractivity contribution in [2.45, 2.75) is 12.0 Å². The number of benzene rings is 2. The molecule has 0 spiro atoms. The first-order chi connectivity index (χ1) is 9.52. The number of aliphatic hydroxyl groups excluding tert-OH is 1. The van der Waals surface area contributed by atoms with Crippen molar-refractivity contribution in [3.05, 3.63) is 67.6 Å². The zero-order chi connectivity index (χ0) is 14.7. The molecule has 2 atom stereocenters. The number of nitrogens with two attached hydrogens (primary N) is 1. The molecule has 0 aliphatic carbocycles. The first kappa shape index (κ1) is 16.0. The van der Waals surface area contributed by atoms with Crippen LogP contribution in [0, 0.1) is 0 Å². The summed E-state index contributed by atoms with van der Waals surface area (Å²) < 4.78 is 1.77. The van der Waals surface area contributed by atoms with Crippen molar-refractivity contribution in [1.29, 1.82) is 0 Å². The second kappa shape index (κ2) is 7.05. The Morgan fingerprint density at radius 2 is 1.90 bits per heavy atom. The van der Waals surface area contributed by atoms with E-state index in [1.54, 1.807) is 6.07 Å². The van der Waals surface area contributed by atoms with E-state index in [2.05, 4.69) is 31.9 Å². The number of halogens is 3. The molecule has 2 rings (SSSR count). The lowest BCUT2D eigenvalue weighted by Gasteiger charge is -2.23. The second-order valence-electron chi connectivity index (χ2n) is 4.51. The predicted molar refractivity (Wildman–Crippen MR) is 90.0 cm³/mol. The maximum atomic E-state index is 10.7. The topological polar surface area (TPSA) is 46.2 Å². The smallest absolute Gasteiger partial charge is 0.0881 e. The molecule has 20 heavy (non-hydrogen) atoms. The summed E-state index contributed by atoms with van der Waals surface area (Å²) in [6, 6.07) is 13.1. The van der Waals surface area contributed by atoms with E-state index in [0.717, 1.165) is 20.1 Å². The van der Waals surface area contributed by atoms with Crippen LogP contribution < -0.4 is 5.73 Å². The molecule has 0 radical (unpaired) electrons. The lowest BCUT2D eigenvalue weighted by molar-refractivity contribution is 0.146. The van der Waals surface area contributed by atoms with Crippen molar-refractivity contribution in [2.24, 2.45) is 5.73 Å². The van der Waals surface area contributed by atoms with Crippen molar-refractivity contribution in [3.63, 3.8) is 0 Å². The second-order valence-corrected chi connectivity index (χ2v) is 6.71. The Morgan fingerprint density at radius 1 is 1.15 bits per heavy atom. The van der Waals surface area contributed by atoms with Gasteiger partial charge in [-0.1, -0.05) is 55.6 Å². The summed E-state index contributed by atoms with van der Waals surface area (Å²) in [5.74, 6) is -0.209. The van der Waals surface area contributed by atoms with Crippen LogP contribution >= 0.6 is 43.5 Å². The lowest BCUT2D eigenvalue weighted by Crippen LogP contribution is -2.20. The molecule has 0 saturated carbocycles. The Labute approximate surface area is 140 Å². The highest BCUT2D eigenvalue weighted by atomic mass is 79.9. The number of rotatable bonds is 4. The molecule has 0 aliphatic heterocycles. The maximum Gasteiger partial charge on any atom is 0.0881 e. The van der Waals surface area contributed by atoms with Gasteiger partial charge in [-0.3, -0.25) is 0 Å². The van der Waals surface area contributed by atoms with Gasteiger partial charge in [0.1, 0.15) is 0 Å². The van der Waals surface area contributed by atoms with Crippen LogP contribution in [0.3, 0.4) is 0 Å². The van der Waals surface area contributed by atoms with Gasteiger partial charge in [0.15, 0.2) is 0 Å². The Kier molecular flexibility index (Phi) is 5.64. The molecule has 0 amide bonds. The molecular weight excluding hydrogens is 405 g/mol. The predicted octanol–water partition coefficient (Wildman–Crippen LogP) is 4.64. The average Bonchev–Trinajstić information content (AvgIpc) is 2.42. The highest BCUT2D eigenvalue weighted by Crippen LogP contribution is 2.36. The van der Waals surface area contributed by atoms with Crippen molar-refractivity contribution in [1.82, 2.24) is 0 Å². The van der Waals surface area contributed by atoms with E-state index < -0.39 is 6.10 Å². The summed E-state index contributed by atoms with van der Waals surface area (Å²) in [5, 5.41) is 11.3. The molecular formula is C15H14Br2ClNO. The van der Waals surface area contributed by atoms with E-state index in [4.69, 9.17) is 17.3 Å². The van der Waals surface area contributed by atoms with E-state index in [1.807, 2.05) is 36.4 Å². The molecule has 2 unspecified atom stereocenters. The summed E-state index contributed by atoms with van der Waals surface area (Å²) in [6.07, 6.45) is -0.703. The van der Waals surface area contributed by atoms with Crippen LogP contribution in [0.1, 0.15) is 23.1 Å². The minimum absolute atomic E-state index is 0.209. The standard InChI is InChI=1S/C15H14Br2ClNO/c16-10-4-5-14(17)12(7-10)15(20)13(8-19)9-2-1-3-11(18)6-9/h1-7,13,15,20H,8,19H2. The van der Waals surface area contributed by atoms with Gasteiger partial charge in [0, 0.05) is 26.4 Å². The van der Waals surface area contributed by atoms with Crippen molar-refractivity contribution in [2.75, 3.05) is 6.54 Å². The summed E-state index contributed by atoms with van der Waals surface area (Å²) in [7, 11) is 0. The van der Waals surface area contributed by atoms with Crippen LogP contribution in [0.25, 0.3) is 0 Å². The third-order valence-electron chi connectivity index (χ3n) is 3.19. The average molecular weight is 420 g/mol. The monoisotopic (exact) mass is 417 g/mol. The van der Waals surface area contributed by atoms with Crippen LogP contribution in [0.2, 0.25) is 5.02 Å². The number of hydrogen-bond donors (Lipinski definition) is 2. The van der Waals surface area contributed by atoms with Gasteiger partial charge in [-0.25, -0.2) is 0 Å². The molecule has 0 saturated heterocycles. The molecule has 106 valence electrons. The molecule has 3 N–H and O–H groups in total. The van der Waals surface area contributed by atoms with Crippen LogP contribution in [-0.4, -0.2) is 11.7 Å². The minimum Gasteiger partial charge on any atom is -0.388 e. The summed E-state index contributed by atoms with van der Waals surface area (Å²) >= 11 is 12.9. The third-order valence-corrected chi connectivity index (χ3v) is 4.64. The van der Waals surface area contributed by atoms with Gasteiger partial charge in [-0.05, 0) is 41.5 Å². The zero-order valence-corrected chi connectivity index (χ0v) is 14.5. The van der Waals surface area contributed by atoms with Gasteiger partial charge in [0.05, 0.1) is 6.10 Å². The van der Waals surface area contributed by atoms with E-state index in [-0.39, 0.29) is 5.92 Å². The molecule has 0 heterocycles. The largest absolute Gasteiger partial charge is 0.388 e. The minimum atomic E-state index is -0.703. The van der Waals surface area contributed by atoms with E-state index >= 15 is 0 Å². The lowest BCUT2D eigenvalue weighted by atomic mass is 9.89. The third kappa shape index (κ3) is 3.62. The molecule has 2 nitrogen and oxygen atoms in total. The van der Waals surface area contributed by atoms with Gasteiger partial charge < -0.3 is 10.8 Å². The Morgan fingerprint density at radius 3 is 2.55 bits per heavy atom. The maximum absolute atomic E-state index is 10.7. The van der Waals surface area contributed by atoms with Crippen LogP contribution in [0.4, 0.5) is 0 Å². The molecule has 2 aromatic rings. The van der Waals surface area contributed by atoms with Gasteiger partial charge >= 0.3 is 0 Å². The molecule has 0 aromatic heterocycles. The summed E-state index contributed by atoms with van der Waals surface area (Å²) in [4.78, 5) is 0. The highest BCUT2D eigenvalue weighted by Gasteiger charge is 2.23. The van der Waals surface area contributed by atoms with Gasteiger partial charge in [0.2, 0.25) is 0 Å². The van der Waals surface area contributed by atoms with Crippen molar-refractivity contribution in [3.8, 4) is 0 Å². The van der Waals surface area contributed by atoms with E-state index in [9.17, 15) is 5.11 Å². The molecule has 0 bridgehead atoms. The normalized spacial score (nSPS) is 14.1. The quantitative estimate of drug-likeness (QED) is 0.758. The van der Waals surface area contributed by atoms with Gasteiger partial charge in [-0.2, -0.15) is 0 Å². The fraction of sp³-hybridized carbons (Fsp3) is 0.200. The summed E-state index contributed by atoms with van der Waals surface area (Å²) in [5.41, 5.74) is 7.58. The number of aliphatic hydroxyl groups is 1. The Hall–Kier alpha value is -0.390. The highest BCUT2D eigenvalue weighted by molar-refractivity contribution is 9.11. The van der Waals surface area contributed by atoms with Crippen LogP contribution in [0.15, 0.2) is 51.4 Å². The van der Waals surface area contributed by atoms with E-state index in [0.29, 0.717) is 11.6 Å². The Balaban J connectivity index is 2.38.